The van der Waals surface area contributed by atoms with E-state index in [1.807, 2.05) is 13.8 Å². The molecule has 0 aliphatic heterocycles. The van der Waals surface area contributed by atoms with Gasteiger partial charge >= 0.3 is 11.9 Å². The Balaban J connectivity index is 2.73. The van der Waals surface area contributed by atoms with Crippen LogP contribution in [0.1, 0.15) is 38.3 Å². The molecule has 0 aliphatic rings. The lowest BCUT2D eigenvalue weighted by Gasteiger charge is -2.20. The van der Waals surface area contributed by atoms with Gasteiger partial charge in [-0.1, -0.05) is 48.9 Å². The molecule has 0 bridgehead atoms. The lowest BCUT2D eigenvalue weighted by atomic mass is 9.87. The number of carbonyl (C=O) groups is 2. The first-order valence-corrected chi connectivity index (χ1v) is 8.45. The van der Waals surface area contributed by atoms with Crippen LogP contribution in [-0.4, -0.2) is 25.2 Å². The van der Waals surface area contributed by atoms with Crippen LogP contribution < -0.4 is 0 Å². The van der Waals surface area contributed by atoms with E-state index >= 15 is 0 Å². The van der Waals surface area contributed by atoms with E-state index in [0.717, 1.165) is 12.0 Å². The average Bonchev–Trinajstić information content (AvgIpc) is 2.54. The molecule has 0 fully saturated rings. The molecule has 0 saturated heterocycles. The summed E-state index contributed by atoms with van der Waals surface area (Å²) in [6, 6.07) is 8.27. The Kier molecular flexibility index (Phi) is 8.24. The Morgan fingerprint density at radius 3 is 2.00 bits per heavy atom. The number of esters is 2. The van der Waals surface area contributed by atoms with E-state index in [-0.39, 0.29) is 19.1 Å². The van der Waals surface area contributed by atoms with E-state index < -0.39 is 17.9 Å². The monoisotopic (exact) mass is 332 g/mol. The fraction of sp³-hybridized carbons (Fsp3) is 0.500. The molecule has 0 saturated carbocycles. The van der Waals surface area contributed by atoms with Crippen LogP contribution in [0, 0.1) is 18.8 Å². The lowest BCUT2D eigenvalue weighted by Crippen LogP contribution is -2.30. The standard InChI is InChI=1S/C20H28O4/c1-6-23-19(21)18(20(22)24-7-2)13-16(5)15(4)12-17-10-8-14(3)9-11-17/h8-11,16,18H,4,6-7,12-13H2,1-3,5H3. The highest BCUT2D eigenvalue weighted by molar-refractivity contribution is 5.94. The van der Waals surface area contributed by atoms with Crippen LogP contribution >= 0.6 is 0 Å². The number of ether oxygens (including phenoxy) is 2. The zero-order chi connectivity index (χ0) is 18.1. The van der Waals surface area contributed by atoms with Gasteiger partial charge < -0.3 is 9.47 Å². The molecule has 0 N–H and O–H groups in total. The maximum Gasteiger partial charge on any atom is 0.320 e. The van der Waals surface area contributed by atoms with Crippen LogP contribution in [0.5, 0.6) is 0 Å². The Labute approximate surface area is 144 Å². The van der Waals surface area contributed by atoms with Gasteiger partial charge in [0.25, 0.3) is 0 Å². The largest absolute Gasteiger partial charge is 0.465 e. The second-order valence-electron chi connectivity index (χ2n) is 6.01. The molecule has 0 aliphatic carbocycles. The highest BCUT2D eigenvalue weighted by atomic mass is 16.6. The summed E-state index contributed by atoms with van der Waals surface area (Å²) >= 11 is 0. The van der Waals surface area contributed by atoms with Crippen LogP contribution in [-0.2, 0) is 25.5 Å². The quantitative estimate of drug-likeness (QED) is 0.391. The van der Waals surface area contributed by atoms with Crippen molar-refractivity contribution in [3.05, 3.63) is 47.5 Å². The summed E-state index contributed by atoms with van der Waals surface area (Å²) in [5.74, 6) is -1.93. The lowest BCUT2D eigenvalue weighted by molar-refractivity contribution is -0.162. The number of hydrogen-bond donors (Lipinski definition) is 0. The van der Waals surface area contributed by atoms with E-state index in [2.05, 4.69) is 30.8 Å². The number of carbonyl (C=O) groups excluding carboxylic acids is 2. The van der Waals surface area contributed by atoms with Gasteiger partial charge in [0.15, 0.2) is 5.92 Å². The smallest absolute Gasteiger partial charge is 0.320 e. The molecule has 0 aromatic heterocycles. The van der Waals surface area contributed by atoms with Crippen LogP contribution in [0.15, 0.2) is 36.4 Å². The van der Waals surface area contributed by atoms with Crippen molar-refractivity contribution in [3.63, 3.8) is 0 Å². The molecule has 0 amide bonds. The van der Waals surface area contributed by atoms with E-state index in [1.165, 1.54) is 11.1 Å². The third-order valence-corrected chi connectivity index (χ3v) is 3.98. The summed E-state index contributed by atoms with van der Waals surface area (Å²) in [6.07, 6.45) is 1.07. The van der Waals surface area contributed by atoms with Crippen molar-refractivity contribution in [3.8, 4) is 0 Å². The Hall–Kier alpha value is -2.10. The van der Waals surface area contributed by atoms with Gasteiger partial charge in [0.2, 0.25) is 0 Å². The molecule has 4 nitrogen and oxygen atoms in total. The minimum Gasteiger partial charge on any atom is -0.465 e. The minimum atomic E-state index is -0.894. The molecule has 24 heavy (non-hydrogen) atoms. The third-order valence-electron chi connectivity index (χ3n) is 3.98. The number of hydrogen-bond acceptors (Lipinski definition) is 4. The Bertz CT molecular complexity index is 542. The summed E-state index contributed by atoms with van der Waals surface area (Å²) < 4.78 is 10.0. The maximum absolute atomic E-state index is 12.1. The second kappa shape index (κ2) is 9.91. The van der Waals surface area contributed by atoms with Gasteiger partial charge in [0.05, 0.1) is 13.2 Å². The number of rotatable bonds is 9. The molecule has 1 rings (SSSR count). The fourth-order valence-corrected chi connectivity index (χ4v) is 2.44. The normalized spacial score (nSPS) is 11.9. The van der Waals surface area contributed by atoms with Crippen LogP contribution in [0.25, 0.3) is 0 Å². The number of aryl methyl sites for hydroxylation is 1. The molecule has 0 heterocycles. The first-order valence-electron chi connectivity index (χ1n) is 8.45. The molecular formula is C20H28O4. The number of benzene rings is 1. The van der Waals surface area contributed by atoms with Gasteiger partial charge in [0, 0.05) is 0 Å². The van der Waals surface area contributed by atoms with Crippen molar-refractivity contribution in [2.75, 3.05) is 13.2 Å². The van der Waals surface area contributed by atoms with Crippen molar-refractivity contribution < 1.29 is 19.1 Å². The highest BCUT2D eigenvalue weighted by Gasteiger charge is 2.31. The van der Waals surface area contributed by atoms with Crippen LogP contribution in [0.3, 0.4) is 0 Å². The molecule has 0 spiro atoms. The third kappa shape index (κ3) is 6.19. The van der Waals surface area contributed by atoms with Crippen molar-refractivity contribution in [1.82, 2.24) is 0 Å². The summed E-state index contributed by atoms with van der Waals surface area (Å²) in [4.78, 5) is 24.1. The average molecular weight is 332 g/mol. The van der Waals surface area contributed by atoms with Crippen molar-refractivity contribution in [1.29, 1.82) is 0 Å². The number of allylic oxidation sites excluding steroid dienone is 1. The predicted molar refractivity (Wildman–Crippen MR) is 94.6 cm³/mol. The fourth-order valence-electron chi connectivity index (χ4n) is 2.44. The predicted octanol–water partition coefficient (Wildman–Crippen LogP) is 3.86. The SMILES string of the molecule is C=C(Cc1ccc(C)cc1)C(C)CC(C(=O)OCC)C(=O)OCC. The minimum absolute atomic E-state index is 0.00474. The molecule has 4 heteroatoms. The maximum atomic E-state index is 12.1. The Morgan fingerprint density at radius 1 is 1.04 bits per heavy atom. The zero-order valence-electron chi connectivity index (χ0n) is 15.1. The molecule has 132 valence electrons. The summed E-state index contributed by atoms with van der Waals surface area (Å²) in [7, 11) is 0. The van der Waals surface area contributed by atoms with E-state index in [1.54, 1.807) is 13.8 Å². The van der Waals surface area contributed by atoms with Gasteiger partial charge in [-0.25, -0.2) is 0 Å². The summed E-state index contributed by atoms with van der Waals surface area (Å²) in [5, 5.41) is 0. The Morgan fingerprint density at radius 2 is 1.54 bits per heavy atom. The first-order chi connectivity index (χ1) is 11.4. The van der Waals surface area contributed by atoms with Crippen LogP contribution in [0.4, 0.5) is 0 Å². The molecule has 1 unspecified atom stereocenters. The summed E-state index contributed by atoms with van der Waals surface area (Å²) in [5.41, 5.74) is 3.36. The molecule has 1 atom stereocenters. The summed E-state index contributed by atoms with van der Waals surface area (Å²) in [6.45, 7) is 12.1. The van der Waals surface area contributed by atoms with Crippen molar-refractivity contribution >= 4 is 11.9 Å². The van der Waals surface area contributed by atoms with Gasteiger partial charge in [0.1, 0.15) is 0 Å². The first kappa shape index (κ1) is 19.9. The van der Waals surface area contributed by atoms with E-state index in [9.17, 15) is 9.59 Å². The van der Waals surface area contributed by atoms with Crippen molar-refractivity contribution in [2.24, 2.45) is 11.8 Å². The molecule has 0 radical (unpaired) electrons. The molecule has 1 aromatic rings. The van der Waals surface area contributed by atoms with Crippen molar-refractivity contribution in [2.45, 2.75) is 40.5 Å². The molecular weight excluding hydrogens is 304 g/mol. The van der Waals surface area contributed by atoms with E-state index in [0.29, 0.717) is 6.42 Å². The zero-order valence-corrected chi connectivity index (χ0v) is 15.1. The highest BCUT2D eigenvalue weighted by Crippen LogP contribution is 2.24. The van der Waals surface area contributed by atoms with Crippen LogP contribution in [0.2, 0.25) is 0 Å². The van der Waals surface area contributed by atoms with Gasteiger partial charge in [-0.2, -0.15) is 0 Å². The second-order valence-corrected chi connectivity index (χ2v) is 6.01. The topological polar surface area (TPSA) is 52.6 Å². The van der Waals surface area contributed by atoms with Gasteiger partial charge in [-0.05, 0) is 45.1 Å². The van der Waals surface area contributed by atoms with Gasteiger partial charge in [-0.3, -0.25) is 9.59 Å². The molecule has 1 aromatic carbocycles. The van der Waals surface area contributed by atoms with Gasteiger partial charge in [-0.15, -0.1) is 0 Å². The van der Waals surface area contributed by atoms with E-state index in [4.69, 9.17) is 9.47 Å².